The Hall–Kier alpha value is -0.470. The van der Waals surface area contributed by atoms with Crippen LogP contribution < -0.4 is 0 Å². The summed E-state index contributed by atoms with van der Waals surface area (Å²) in [6.07, 6.45) is 17.2. The first kappa shape index (κ1) is 24.5. The van der Waals surface area contributed by atoms with Crippen LogP contribution >= 0.6 is 0 Å². The molecule has 1 N–H and O–H groups in total. The molecule has 0 saturated carbocycles. The van der Waals surface area contributed by atoms with E-state index in [0.717, 1.165) is 0 Å². The largest absolute Gasteiger partial charge is 0.870 e. The lowest BCUT2D eigenvalue weighted by Gasteiger charge is -2.09. The molecule has 0 heterocycles. The van der Waals surface area contributed by atoms with Gasteiger partial charge in [-0.15, -0.1) is 0 Å². The molecule has 1 nitrogen and oxygen atoms in total. The fourth-order valence-electron chi connectivity index (χ4n) is 3.20. The second kappa shape index (κ2) is 18.3. The maximum absolute atomic E-state index is 2.32. The fourth-order valence-corrected chi connectivity index (χ4v) is 5.66. The Balaban J connectivity index is 0.00000576. The number of rotatable bonds is 16. The predicted molar refractivity (Wildman–Crippen MR) is 116 cm³/mol. The normalized spacial score (nSPS) is 11.9. The number of benzene rings is 1. The lowest BCUT2D eigenvalue weighted by atomic mass is 10.1. The topological polar surface area (TPSA) is 30.0 Å². The van der Waals surface area contributed by atoms with Crippen molar-refractivity contribution in [1.29, 1.82) is 0 Å². The first-order valence-corrected chi connectivity index (χ1v) is 12.3. The van der Waals surface area contributed by atoms with Gasteiger partial charge < -0.3 is 5.48 Å². The average molecular weight is 367 g/mol. The predicted octanol–water partition coefficient (Wildman–Crippen LogP) is 7.35. The Labute approximate surface area is 160 Å². The number of hydrogen-bond donors (Lipinski definition) is 0. The van der Waals surface area contributed by atoms with Crippen molar-refractivity contribution in [3.05, 3.63) is 35.9 Å². The molecule has 1 aromatic rings. The van der Waals surface area contributed by atoms with Crippen molar-refractivity contribution < 1.29 is 5.48 Å². The van der Waals surface area contributed by atoms with Crippen LogP contribution in [0.25, 0.3) is 0 Å². The van der Waals surface area contributed by atoms with Crippen LogP contribution in [0.3, 0.4) is 0 Å². The maximum atomic E-state index is 2.32. The van der Waals surface area contributed by atoms with Gasteiger partial charge in [0, 0.05) is 5.56 Å². The van der Waals surface area contributed by atoms with E-state index in [1.165, 1.54) is 94.3 Å². The summed E-state index contributed by atoms with van der Waals surface area (Å²) in [5, 5.41) is 0. The summed E-state index contributed by atoms with van der Waals surface area (Å²) in [4.78, 5) is 0. The third kappa shape index (κ3) is 14.4. The van der Waals surface area contributed by atoms with E-state index in [0.29, 0.717) is 10.9 Å². The van der Waals surface area contributed by atoms with Crippen LogP contribution in [0.15, 0.2) is 30.3 Å². The molecule has 25 heavy (non-hydrogen) atoms. The molecular weight excluding hydrogens is 324 g/mol. The smallest absolute Gasteiger partial charge is 0.133 e. The van der Waals surface area contributed by atoms with Gasteiger partial charge in [0.25, 0.3) is 0 Å². The molecule has 0 aliphatic heterocycles. The Bertz CT molecular complexity index is 366. The molecule has 0 aromatic heterocycles. The van der Waals surface area contributed by atoms with E-state index < -0.39 is 0 Å². The van der Waals surface area contributed by atoms with E-state index in [-0.39, 0.29) is 5.48 Å². The first-order chi connectivity index (χ1) is 11.9. The quantitative estimate of drug-likeness (QED) is 0.222. The Morgan fingerprint density at radius 3 is 1.64 bits per heavy atom. The summed E-state index contributed by atoms with van der Waals surface area (Å²) in [5.41, 5.74) is 1.55. The summed E-state index contributed by atoms with van der Waals surface area (Å²) in [7, 11) is 0.612. The molecule has 1 atom stereocenters. The SMILES string of the molecule is CCCCCCCCCCCC[S+](CCCC)Cc1ccccc1.[OH-]. The molecule has 0 amide bonds. The van der Waals surface area contributed by atoms with Crippen molar-refractivity contribution in [2.45, 2.75) is 96.7 Å². The zero-order valence-corrected chi connectivity index (χ0v) is 17.7. The summed E-state index contributed by atoms with van der Waals surface area (Å²) >= 11 is 0. The second-order valence-corrected chi connectivity index (χ2v) is 9.52. The van der Waals surface area contributed by atoms with E-state index in [4.69, 9.17) is 0 Å². The fraction of sp³-hybridized carbons (Fsp3) is 0.739. The minimum atomic E-state index is 0. The Morgan fingerprint density at radius 2 is 1.08 bits per heavy atom. The van der Waals surface area contributed by atoms with Gasteiger partial charge in [0.15, 0.2) is 0 Å². The molecule has 146 valence electrons. The summed E-state index contributed by atoms with van der Waals surface area (Å²) in [5.74, 6) is 4.23. The molecule has 0 saturated heterocycles. The summed E-state index contributed by atoms with van der Waals surface area (Å²) in [6.45, 7) is 4.62. The molecule has 1 aromatic carbocycles. The van der Waals surface area contributed by atoms with Gasteiger partial charge in [0.2, 0.25) is 0 Å². The van der Waals surface area contributed by atoms with Crippen molar-refractivity contribution in [3.8, 4) is 0 Å². The van der Waals surface area contributed by atoms with Gasteiger partial charge in [-0.3, -0.25) is 0 Å². The molecule has 0 bridgehead atoms. The highest BCUT2D eigenvalue weighted by Crippen LogP contribution is 2.15. The molecule has 0 aliphatic rings. The lowest BCUT2D eigenvalue weighted by Crippen LogP contribution is -2.15. The van der Waals surface area contributed by atoms with E-state index in [2.05, 4.69) is 44.2 Å². The molecule has 0 radical (unpaired) electrons. The van der Waals surface area contributed by atoms with Crippen molar-refractivity contribution in [1.82, 2.24) is 0 Å². The summed E-state index contributed by atoms with van der Waals surface area (Å²) in [6, 6.07) is 11.1. The van der Waals surface area contributed by atoms with Gasteiger partial charge in [0.1, 0.15) is 17.3 Å². The summed E-state index contributed by atoms with van der Waals surface area (Å²) < 4.78 is 0. The standard InChI is InChI=1S/C23H41S.H2O/c1-3-5-7-8-9-10-11-12-13-17-21-24(20-6-4-2)22-23-18-15-14-16-19-23;/h14-16,18-19H,3-13,17,20-22H2,1-2H3;1H2/q+1;/p-1. The van der Waals surface area contributed by atoms with Gasteiger partial charge in [-0.2, -0.15) is 0 Å². The third-order valence-electron chi connectivity index (χ3n) is 4.79. The van der Waals surface area contributed by atoms with E-state index in [1.807, 2.05) is 0 Å². The monoisotopic (exact) mass is 366 g/mol. The van der Waals surface area contributed by atoms with Crippen LogP contribution in [0.4, 0.5) is 0 Å². The van der Waals surface area contributed by atoms with Crippen LogP contribution in [0.1, 0.15) is 96.5 Å². The van der Waals surface area contributed by atoms with Gasteiger partial charge >= 0.3 is 0 Å². The van der Waals surface area contributed by atoms with Crippen LogP contribution in [-0.2, 0) is 16.6 Å². The third-order valence-corrected chi connectivity index (χ3v) is 7.26. The molecule has 0 fully saturated rings. The van der Waals surface area contributed by atoms with Crippen molar-refractivity contribution in [2.24, 2.45) is 0 Å². The maximum Gasteiger partial charge on any atom is 0.133 e. The van der Waals surface area contributed by atoms with Crippen molar-refractivity contribution in [2.75, 3.05) is 11.5 Å². The van der Waals surface area contributed by atoms with Gasteiger partial charge in [-0.25, -0.2) is 0 Å². The molecule has 1 unspecified atom stereocenters. The Morgan fingerprint density at radius 1 is 0.600 bits per heavy atom. The minimum absolute atomic E-state index is 0. The van der Waals surface area contributed by atoms with E-state index in [9.17, 15) is 0 Å². The van der Waals surface area contributed by atoms with Crippen LogP contribution in [0.2, 0.25) is 0 Å². The van der Waals surface area contributed by atoms with Gasteiger partial charge in [0.05, 0.1) is 0 Å². The average Bonchev–Trinajstić information content (AvgIpc) is 2.62. The van der Waals surface area contributed by atoms with Gasteiger partial charge in [-0.05, 0) is 30.2 Å². The van der Waals surface area contributed by atoms with Crippen LogP contribution in [-0.4, -0.2) is 17.0 Å². The molecular formula is C23H42OS. The molecule has 0 spiro atoms. The number of unbranched alkanes of at least 4 members (excludes halogenated alkanes) is 10. The van der Waals surface area contributed by atoms with Crippen molar-refractivity contribution >= 4 is 10.9 Å². The highest BCUT2D eigenvalue weighted by Gasteiger charge is 2.17. The highest BCUT2D eigenvalue weighted by molar-refractivity contribution is 7.96. The zero-order chi connectivity index (χ0) is 17.3. The van der Waals surface area contributed by atoms with Crippen molar-refractivity contribution in [3.63, 3.8) is 0 Å². The van der Waals surface area contributed by atoms with Crippen LogP contribution in [0.5, 0.6) is 0 Å². The number of hydrogen-bond acceptors (Lipinski definition) is 1. The lowest BCUT2D eigenvalue weighted by molar-refractivity contribution is 0.563. The molecule has 0 aliphatic carbocycles. The molecule has 1 rings (SSSR count). The first-order valence-electron chi connectivity index (χ1n) is 10.5. The highest BCUT2D eigenvalue weighted by atomic mass is 32.2. The van der Waals surface area contributed by atoms with Crippen LogP contribution in [0, 0.1) is 0 Å². The zero-order valence-electron chi connectivity index (χ0n) is 16.8. The minimum Gasteiger partial charge on any atom is -0.870 e. The van der Waals surface area contributed by atoms with E-state index >= 15 is 0 Å². The van der Waals surface area contributed by atoms with E-state index in [1.54, 1.807) is 5.56 Å². The Kier molecular flexibility index (Phi) is 18.0. The van der Waals surface area contributed by atoms with Gasteiger partial charge in [-0.1, -0.05) is 102 Å². The molecule has 2 heteroatoms. The second-order valence-electron chi connectivity index (χ2n) is 7.19.